The lowest BCUT2D eigenvalue weighted by Gasteiger charge is -2.18. The molecule has 0 aliphatic rings. The zero-order valence-electron chi connectivity index (χ0n) is 11.2. The van der Waals surface area contributed by atoms with Gasteiger partial charge >= 0.3 is 0 Å². The predicted molar refractivity (Wildman–Crippen MR) is 76.7 cm³/mol. The number of benzene rings is 1. The number of rotatable bonds is 5. The van der Waals surface area contributed by atoms with Gasteiger partial charge in [0.2, 0.25) is 0 Å². The summed E-state index contributed by atoms with van der Waals surface area (Å²) >= 11 is 6.08. The summed E-state index contributed by atoms with van der Waals surface area (Å²) in [7, 11) is 0. The Hall–Kier alpha value is -0.790. The van der Waals surface area contributed by atoms with Crippen LogP contribution in [0.5, 0.6) is 0 Å². The summed E-state index contributed by atoms with van der Waals surface area (Å²) in [6.45, 7) is 9.57. The first kappa shape index (κ1) is 14.3. The predicted octanol–water partition coefficient (Wildman–Crippen LogP) is 4.66. The van der Waals surface area contributed by atoms with E-state index in [0.29, 0.717) is 0 Å². The molecule has 0 saturated carbocycles. The van der Waals surface area contributed by atoms with Crippen LogP contribution in [0.1, 0.15) is 44.4 Å². The molecule has 1 atom stereocenters. The minimum absolute atomic E-state index is 0.263. The molecular formula is C15H22ClN. The fraction of sp³-hybridized carbons (Fsp3) is 0.467. The van der Waals surface area contributed by atoms with Crippen molar-refractivity contribution in [2.24, 2.45) is 0 Å². The maximum atomic E-state index is 6.08. The third kappa shape index (κ3) is 4.53. The Morgan fingerprint density at radius 3 is 2.71 bits per heavy atom. The quantitative estimate of drug-likeness (QED) is 0.751. The van der Waals surface area contributed by atoms with E-state index >= 15 is 0 Å². The topological polar surface area (TPSA) is 12.0 Å². The van der Waals surface area contributed by atoms with Crippen LogP contribution in [0.25, 0.3) is 0 Å². The summed E-state index contributed by atoms with van der Waals surface area (Å²) in [4.78, 5) is 0. The van der Waals surface area contributed by atoms with Gasteiger partial charge in [0.25, 0.3) is 0 Å². The number of aryl methyl sites for hydroxylation is 1. The van der Waals surface area contributed by atoms with Gasteiger partial charge in [0.15, 0.2) is 0 Å². The third-order valence-electron chi connectivity index (χ3n) is 2.69. The van der Waals surface area contributed by atoms with Gasteiger partial charge in [-0.3, -0.25) is 0 Å². The van der Waals surface area contributed by atoms with Gasteiger partial charge in [-0.25, -0.2) is 0 Å². The number of hydrogen-bond acceptors (Lipinski definition) is 1. The molecule has 1 rings (SSSR count). The molecule has 1 aromatic carbocycles. The lowest BCUT2D eigenvalue weighted by atomic mass is 9.99. The first-order valence-electron chi connectivity index (χ1n) is 6.19. The summed E-state index contributed by atoms with van der Waals surface area (Å²) in [5.74, 6) is 0. The van der Waals surface area contributed by atoms with Crippen molar-refractivity contribution in [3.8, 4) is 0 Å². The Labute approximate surface area is 110 Å². The minimum atomic E-state index is 0.263. The molecule has 0 radical (unpaired) electrons. The van der Waals surface area contributed by atoms with Crippen molar-refractivity contribution in [2.75, 3.05) is 6.54 Å². The van der Waals surface area contributed by atoms with E-state index in [4.69, 9.17) is 11.6 Å². The second-order valence-corrected chi connectivity index (χ2v) is 5.11. The van der Waals surface area contributed by atoms with E-state index in [1.807, 2.05) is 6.07 Å². The average molecular weight is 252 g/mol. The van der Waals surface area contributed by atoms with Gasteiger partial charge in [-0.1, -0.05) is 36.2 Å². The first-order valence-corrected chi connectivity index (χ1v) is 6.56. The number of halogens is 1. The maximum absolute atomic E-state index is 6.08. The minimum Gasteiger partial charge on any atom is -0.307 e. The van der Waals surface area contributed by atoms with E-state index < -0.39 is 0 Å². The summed E-state index contributed by atoms with van der Waals surface area (Å²) in [6.07, 6.45) is 3.39. The zero-order chi connectivity index (χ0) is 12.8. The number of nitrogens with one attached hydrogen (secondary N) is 1. The van der Waals surface area contributed by atoms with Gasteiger partial charge in [0, 0.05) is 5.02 Å². The fourth-order valence-electron chi connectivity index (χ4n) is 1.84. The van der Waals surface area contributed by atoms with Crippen LogP contribution < -0.4 is 5.32 Å². The molecule has 0 heterocycles. The Kier molecular flexibility index (Phi) is 5.73. The Morgan fingerprint density at radius 1 is 1.41 bits per heavy atom. The molecule has 94 valence electrons. The third-order valence-corrected chi connectivity index (χ3v) is 2.93. The van der Waals surface area contributed by atoms with E-state index in [9.17, 15) is 0 Å². The van der Waals surface area contributed by atoms with Crippen LogP contribution in [-0.2, 0) is 0 Å². The van der Waals surface area contributed by atoms with Crippen molar-refractivity contribution in [1.82, 2.24) is 5.32 Å². The van der Waals surface area contributed by atoms with Gasteiger partial charge in [0.1, 0.15) is 0 Å². The monoisotopic (exact) mass is 251 g/mol. The largest absolute Gasteiger partial charge is 0.307 e. The van der Waals surface area contributed by atoms with Crippen molar-refractivity contribution in [3.63, 3.8) is 0 Å². The molecule has 0 amide bonds. The van der Waals surface area contributed by atoms with Crippen LogP contribution in [0.2, 0.25) is 5.02 Å². The molecule has 0 saturated heterocycles. The van der Waals surface area contributed by atoms with Crippen LogP contribution in [0.4, 0.5) is 0 Å². The molecular weight excluding hydrogens is 230 g/mol. The Balaban J connectivity index is 3.03. The second-order valence-electron chi connectivity index (χ2n) is 4.68. The van der Waals surface area contributed by atoms with Crippen molar-refractivity contribution < 1.29 is 0 Å². The van der Waals surface area contributed by atoms with Crippen LogP contribution in [0.15, 0.2) is 29.8 Å². The normalized spacial score (nSPS) is 12.3. The molecule has 1 N–H and O–H groups in total. The first-order chi connectivity index (χ1) is 8.04. The van der Waals surface area contributed by atoms with Gasteiger partial charge in [-0.15, -0.1) is 0 Å². The molecule has 0 spiro atoms. The van der Waals surface area contributed by atoms with Crippen LogP contribution >= 0.6 is 11.6 Å². The number of hydrogen-bond donors (Lipinski definition) is 1. The average Bonchev–Trinajstić information content (AvgIpc) is 2.27. The molecule has 0 fully saturated rings. The van der Waals surface area contributed by atoms with Gasteiger partial charge in [-0.05, 0) is 57.0 Å². The Bertz CT molecular complexity index is 392. The van der Waals surface area contributed by atoms with E-state index in [1.165, 1.54) is 16.7 Å². The van der Waals surface area contributed by atoms with Crippen LogP contribution in [0, 0.1) is 6.92 Å². The molecule has 0 aliphatic carbocycles. The van der Waals surface area contributed by atoms with Crippen molar-refractivity contribution in [3.05, 3.63) is 46.0 Å². The molecule has 0 aromatic heterocycles. The van der Waals surface area contributed by atoms with Crippen LogP contribution in [-0.4, -0.2) is 6.54 Å². The lowest BCUT2D eigenvalue weighted by Crippen LogP contribution is -2.21. The van der Waals surface area contributed by atoms with Crippen molar-refractivity contribution in [2.45, 2.75) is 40.2 Å². The molecule has 1 nitrogen and oxygen atoms in total. The van der Waals surface area contributed by atoms with E-state index in [1.54, 1.807) is 0 Å². The maximum Gasteiger partial charge on any atom is 0.0511 e. The SMILES string of the molecule is CCCNC(C=C(C)C)c1cc(Cl)ccc1C. The lowest BCUT2D eigenvalue weighted by molar-refractivity contribution is 0.608. The molecule has 2 heteroatoms. The highest BCUT2D eigenvalue weighted by molar-refractivity contribution is 6.30. The Morgan fingerprint density at radius 2 is 2.12 bits per heavy atom. The molecule has 17 heavy (non-hydrogen) atoms. The molecule has 1 aromatic rings. The fourth-order valence-corrected chi connectivity index (χ4v) is 2.02. The van der Waals surface area contributed by atoms with E-state index in [-0.39, 0.29) is 6.04 Å². The molecule has 0 aliphatic heterocycles. The highest BCUT2D eigenvalue weighted by Gasteiger charge is 2.10. The molecule has 0 bridgehead atoms. The summed E-state index contributed by atoms with van der Waals surface area (Å²) in [5.41, 5.74) is 3.87. The highest BCUT2D eigenvalue weighted by atomic mass is 35.5. The molecule has 1 unspecified atom stereocenters. The smallest absolute Gasteiger partial charge is 0.0511 e. The van der Waals surface area contributed by atoms with Crippen molar-refractivity contribution in [1.29, 1.82) is 0 Å². The van der Waals surface area contributed by atoms with E-state index in [2.05, 4.69) is 51.2 Å². The van der Waals surface area contributed by atoms with Gasteiger partial charge < -0.3 is 5.32 Å². The van der Waals surface area contributed by atoms with E-state index in [0.717, 1.165) is 18.0 Å². The highest BCUT2D eigenvalue weighted by Crippen LogP contribution is 2.23. The van der Waals surface area contributed by atoms with Gasteiger partial charge in [-0.2, -0.15) is 0 Å². The summed E-state index contributed by atoms with van der Waals surface area (Å²) in [6, 6.07) is 6.35. The zero-order valence-corrected chi connectivity index (χ0v) is 11.9. The van der Waals surface area contributed by atoms with Crippen molar-refractivity contribution >= 4 is 11.6 Å². The van der Waals surface area contributed by atoms with Gasteiger partial charge in [0.05, 0.1) is 6.04 Å². The summed E-state index contributed by atoms with van der Waals surface area (Å²) < 4.78 is 0. The van der Waals surface area contributed by atoms with Crippen LogP contribution in [0.3, 0.4) is 0 Å². The second kappa shape index (κ2) is 6.83. The summed E-state index contributed by atoms with van der Waals surface area (Å²) in [5, 5.41) is 4.35. The number of allylic oxidation sites excluding steroid dienone is 1. The standard InChI is InChI=1S/C15H22ClN/c1-5-8-17-15(9-11(2)3)14-10-13(16)7-6-12(14)4/h6-7,9-10,15,17H,5,8H2,1-4H3.